The lowest BCUT2D eigenvalue weighted by atomic mass is 10.1. The molecule has 3 rings (SSSR count). The highest BCUT2D eigenvalue weighted by atomic mass is 35.5. The standard InChI is InChI=1S/C19H19ClN2O2.ClH/c1-22(2)10-11-23-21-17-13-19(14-6-4-3-5-7-14)24-18-9-8-15(20)12-16(17)18;/h3-9,12-13H,10-11H2,1-2H3;1H/b21-17+;. The maximum absolute atomic E-state index is 6.12. The number of nitrogens with zero attached hydrogens (tertiary/aromatic N) is 2. The van der Waals surface area contributed by atoms with Gasteiger partial charge in [0.15, 0.2) is 0 Å². The minimum atomic E-state index is 0. The lowest BCUT2D eigenvalue weighted by molar-refractivity contribution is 0.117. The average molecular weight is 379 g/mol. The van der Waals surface area contributed by atoms with Crippen LogP contribution in [0.1, 0.15) is 0 Å². The first-order valence-corrected chi connectivity index (χ1v) is 8.11. The summed E-state index contributed by atoms with van der Waals surface area (Å²) in [7, 11) is 3.99. The summed E-state index contributed by atoms with van der Waals surface area (Å²) in [5.41, 5.74) is 1.70. The molecule has 1 aromatic heterocycles. The van der Waals surface area contributed by atoms with Gasteiger partial charge in [0.2, 0.25) is 0 Å². The van der Waals surface area contributed by atoms with E-state index in [1.165, 1.54) is 0 Å². The van der Waals surface area contributed by atoms with E-state index in [1.807, 2.05) is 67.5 Å². The fourth-order valence-electron chi connectivity index (χ4n) is 2.30. The van der Waals surface area contributed by atoms with Crippen LogP contribution in [0.2, 0.25) is 5.02 Å². The molecule has 0 N–H and O–H groups in total. The van der Waals surface area contributed by atoms with Crippen LogP contribution in [0.4, 0.5) is 0 Å². The molecular formula is C19H20Cl2N2O2. The van der Waals surface area contributed by atoms with Gasteiger partial charge >= 0.3 is 0 Å². The molecule has 0 amide bonds. The zero-order valence-corrected chi connectivity index (χ0v) is 15.7. The molecule has 25 heavy (non-hydrogen) atoms. The third kappa shape index (κ3) is 4.98. The van der Waals surface area contributed by atoms with Gasteiger partial charge in [-0.15, -0.1) is 12.4 Å². The molecule has 0 aliphatic carbocycles. The highest BCUT2D eigenvalue weighted by molar-refractivity contribution is 6.31. The molecule has 6 heteroatoms. The van der Waals surface area contributed by atoms with Crippen molar-refractivity contribution in [3.63, 3.8) is 0 Å². The Kier molecular flexibility index (Phi) is 6.88. The molecule has 0 radical (unpaired) electrons. The summed E-state index contributed by atoms with van der Waals surface area (Å²) in [5, 5.41) is 6.45. The summed E-state index contributed by atoms with van der Waals surface area (Å²) >= 11 is 6.12. The van der Waals surface area contributed by atoms with E-state index in [9.17, 15) is 0 Å². The number of hydrogen-bond acceptors (Lipinski definition) is 4. The lowest BCUT2D eigenvalue weighted by Gasteiger charge is -2.08. The zero-order valence-electron chi connectivity index (χ0n) is 14.1. The van der Waals surface area contributed by atoms with E-state index in [0.717, 1.165) is 28.8 Å². The Morgan fingerprint density at radius 2 is 1.84 bits per heavy atom. The topological polar surface area (TPSA) is 38.0 Å². The van der Waals surface area contributed by atoms with Crippen molar-refractivity contribution in [2.24, 2.45) is 5.16 Å². The monoisotopic (exact) mass is 378 g/mol. The van der Waals surface area contributed by atoms with Gasteiger partial charge in [0.05, 0.1) is 0 Å². The first-order chi connectivity index (χ1) is 11.6. The minimum Gasteiger partial charge on any atom is -0.456 e. The van der Waals surface area contributed by atoms with E-state index in [4.69, 9.17) is 20.9 Å². The van der Waals surface area contributed by atoms with Gasteiger partial charge in [-0.2, -0.15) is 0 Å². The van der Waals surface area contributed by atoms with Gasteiger partial charge < -0.3 is 14.2 Å². The van der Waals surface area contributed by atoms with Gasteiger partial charge in [0, 0.05) is 28.6 Å². The molecule has 0 bridgehead atoms. The Balaban J connectivity index is 0.00000225. The Hall–Kier alpha value is -2.01. The van der Waals surface area contributed by atoms with Gasteiger partial charge in [-0.05, 0) is 32.3 Å². The maximum Gasteiger partial charge on any atom is 0.137 e. The Bertz CT molecular complexity index is 893. The van der Waals surface area contributed by atoms with Crippen LogP contribution in [0.5, 0.6) is 0 Å². The van der Waals surface area contributed by atoms with Crippen LogP contribution in [0, 0.1) is 0 Å². The number of rotatable bonds is 5. The van der Waals surface area contributed by atoms with Crippen molar-refractivity contribution in [1.29, 1.82) is 0 Å². The molecule has 0 spiro atoms. The summed E-state index contributed by atoms with van der Waals surface area (Å²) in [6.45, 7) is 1.31. The molecule has 4 nitrogen and oxygen atoms in total. The van der Waals surface area contributed by atoms with Crippen molar-refractivity contribution < 1.29 is 9.25 Å². The van der Waals surface area contributed by atoms with Crippen LogP contribution >= 0.6 is 24.0 Å². The van der Waals surface area contributed by atoms with Crippen molar-refractivity contribution in [2.75, 3.05) is 27.2 Å². The number of fused-ring (bicyclic) bond motifs is 1. The van der Waals surface area contributed by atoms with Crippen molar-refractivity contribution in [1.82, 2.24) is 4.90 Å². The molecule has 2 aromatic carbocycles. The van der Waals surface area contributed by atoms with Crippen LogP contribution in [0.15, 0.2) is 64.2 Å². The molecular weight excluding hydrogens is 359 g/mol. The summed E-state index contributed by atoms with van der Waals surface area (Å²) in [5.74, 6) is 0.736. The van der Waals surface area contributed by atoms with E-state index in [0.29, 0.717) is 17.0 Å². The number of hydrogen-bond donors (Lipinski definition) is 0. The highest BCUT2D eigenvalue weighted by Crippen LogP contribution is 2.23. The molecule has 0 saturated heterocycles. The maximum atomic E-state index is 6.12. The molecule has 0 saturated carbocycles. The van der Waals surface area contributed by atoms with Crippen LogP contribution in [-0.2, 0) is 4.84 Å². The third-order valence-corrected chi connectivity index (χ3v) is 3.79. The Morgan fingerprint density at radius 1 is 1.08 bits per heavy atom. The van der Waals surface area contributed by atoms with Gasteiger partial charge in [-0.25, -0.2) is 0 Å². The predicted octanol–water partition coefficient (Wildman–Crippen LogP) is 4.57. The first-order valence-electron chi connectivity index (χ1n) is 7.73. The van der Waals surface area contributed by atoms with E-state index >= 15 is 0 Å². The van der Waals surface area contributed by atoms with Crippen molar-refractivity contribution in [3.8, 4) is 11.3 Å². The van der Waals surface area contributed by atoms with Crippen molar-refractivity contribution >= 4 is 35.0 Å². The van der Waals surface area contributed by atoms with Crippen LogP contribution < -0.4 is 5.36 Å². The van der Waals surface area contributed by atoms with E-state index in [-0.39, 0.29) is 12.4 Å². The van der Waals surface area contributed by atoms with Crippen molar-refractivity contribution in [2.45, 2.75) is 0 Å². The Morgan fingerprint density at radius 3 is 2.56 bits per heavy atom. The SMILES string of the molecule is CN(C)CCO/N=c1\cc(-c2ccccc2)oc2ccc(Cl)cc12.Cl. The predicted molar refractivity (Wildman–Crippen MR) is 104 cm³/mol. The molecule has 0 fully saturated rings. The average Bonchev–Trinajstić information content (AvgIpc) is 2.59. The van der Waals surface area contributed by atoms with E-state index < -0.39 is 0 Å². The van der Waals surface area contributed by atoms with Crippen molar-refractivity contribution in [3.05, 3.63) is 65.0 Å². The molecule has 132 valence electrons. The quantitative estimate of drug-likeness (QED) is 0.482. The second kappa shape index (κ2) is 8.90. The molecule has 0 unspecified atom stereocenters. The minimum absolute atomic E-state index is 0. The second-order valence-corrected chi connectivity index (χ2v) is 6.17. The normalized spacial score (nSPS) is 11.6. The zero-order chi connectivity index (χ0) is 16.9. The van der Waals surface area contributed by atoms with Crippen LogP contribution in [0.25, 0.3) is 22.3 Å². The smallest absolute Gasteiger partial charge is 0.137 e. The molecule has 1 heterocycles. The fourth-order valence-corrected chi connectivity index (χ4v) is 2.47. The molecule has 0 aliphatic rings. The largest absolute Gasteiger partial charge is 0.456 e. The number of benzene rings is 2. The first kappa shape index (κ1) is 19.3. The highest BCUT2D eigenvalue weighted by Gasteiger charge is 2.07. The van der Waals surface area contributed by atoms with Gasteiger partial charge in [0.25, 0.3) is 0 Å². The molecule has 0 atom stereocenters. The van der Waals surface area contributed by atoms with Gasteiger partial charge in [-0.1, -0.05) is 47.1 Å². The molecule has 3 aromatic rings. The lowest BCUT2D eigenvalue weighted by Crippen LogP contribution is -2.17. The van der Waals surface area contributed by atoms with Crippen LogP contribution in [-0.4, -0.2) is 32.1 Å². The summed E-state index contributed by atoms with van der Waals surface area (Å²) in [6.07, 6.45) is 0. The third-order valence-electron chi connectivity index (χ3n) is 3.56. The fraction of sp³-hybridized carbons (Fsp3) is 0.211. The van der Waals surface area contributed by atoms with Gasteiger partial charge in [-0.3, -0.25) is 0 Å². The van der Waals surface area contributed by atoms with E-state index in [2.05, 4.69) is 5.16 Å². The van der Waals surface area contributed by atoms with E-state index in [1.54, 1.807) is 6.07 Å². The second-order valence-electron chi connectivity index (χ2n) is 5.73. The number of halogens is 2. The Labute approximate surface area is 158 Å². The summed E-state index contributed by atoms with van der Waals surface area (Å²) < 4.78 is 6.01. The summed E-state index contributed by atoms with van der Waals surface area (Å²) in [4.78, 5) is 7.51. The van der Waals surface area contributed by atoms with Gasteiger partial charge in [0.1, 0.15) is 23.3 Å². The number of likely N-dealkylation sites (N-methyl/N-ethyl adjacent to an activating group) is 1. The summed E-state index contributed by atoms with van der Waals surface area (Å²) in [6, 6.07) is 17.3. The molecule has 0 aliphatic heterocycles. The van der Waals surface area contributed by atoms with Crippen LogP contribution in [0.3, 0.4) is 0 Å².